The predicted octanol–water partition coefficient (Wildman–Crippen LogP) is 3.84. The van der Waals surface area contributed by atoms with Crippen LogP contribution in [0.1, 0.15) is 16.0 Å². The number of nitrogens with zero attached hydrogens (tertiary/aromatic N) is 4. The first-order chi connectivity index (χ1) is 12.1. The van der Waals surface area contributed by atoms with E-state index in [-0.39, 0.29) is 5.82 Å². The van der Waals surface area contributed by atoms with E-state index >= 15 is 0 Å². The van der Waals surface area contributed by atoms with Crippen molar-refractivity contribution in [3.8, 4) is 11.6 Å². The van der Waals surface area contributed by atoms with Crippen LogP contribution in [0.15, 0.2) is 30.6 Å². The molecule has 1 aromatic carbocycles. The molecule has 6 nitrogen and oxygen atoms in total. The number of aromatic nitrogens is 5. The van der Waals surface area contributed by atoms with Gasteiger partial charge >= 0.3 is 0 Å². The number of hydrogen-bond acceptors (Lipinski definition) is 6. The summed E-state index contributed by atoms with van der Waals surface area (Å²) in [4.78, 5) is 15.5. The molecule has 4 rings (SSSR count). The highest BCUT2D eigenvalue weighted by Crippen LogP contribution is 2.34. The molecule has 126 valence electrons. The van der Waals surface area contributed by atoms with Crippen LogP contribution in [0.4, 0.5) is 10.2 Å². The van der Waals surface area contributed by atoms with E-state index in [4.69, 9.17) is 0 Å². The summed E-state index contributed by atoms with van der Waals surface area (Å²) < 4.78 is 13.1. The van der Waals surface area contributed by atoms with Crippen molar-refractivity contribution in [3.63, 3.8) is 0 Å². The van der Waals surface area contributed by atoms with Crippen molar-refractivity contribution in [2.45, 2.75) is 20.4 Å². The molecule has 0 bridgehead atoms. The summed E-state index contributed by atoms with van der Waals surface area (Å²) >= 11 is 1.63. The van der Waals surface area contributed by atoms with Gasteiger partial charge < -0.3 is 5.32 Å². The van der Waals surface area contributed by atoms with Crippen LogP contribution in [0.3, 0.4) is 0 Å². The van der Waals surface area contributed by atoms with E-state index in [2.05, 4.69) is 44.3 Å². The molecule has 25 heavy (non-hydrogen) atoms. The van der Waals surface area contributed by atoms with Gasteiger partial charge in [0.2, 0.25) is 5.82 Å². The number of hydrogen-bond donors (Lipinski definition) is 2. The molecule has 0 atom stereocenters. The van der Waals surface area contributed by atoms with Gasteiger partial charge in [-0.05, 0) is 37.1 Å². The van der Waals surface area contributed by atoms with Crippen LogP contribution in [0.25, 0.3) is 21.9 Å². The van der Waals surface area contributed by atoms with E-state index < -0.39 is 0 Å². The minimum Gasteiger partial charge on any atom is -0.365 e. The highest BCUT2D eigenvalue weighted by Gasteiger charge is 2.16. The molecule has 0 aliphatic heterocycles. The minimum absolute atomic E-state index is 0.245. The van der Waals surface area contributed by atoms with Crippen molar-refractivity contribution in [2.75, 3.05) is 5.32 Å². The van der Waals surface area contributed by atoms with E-state index in [1.807, 2.05) is 0 Å². The molecule has 0 unspecified atom stereocenters. The number of halogens is 1. The monoisotopic (exact) mass is 354 g/mol. The minimum atomic E-state index is -0.245. The van der Waals surface area contributed by atoms with E-state index in [1.54, 1.807) is 23.5 Å². The molecule has 0 saturated carbocycles. The molecule has 8 heteroatoms. The Morgan fingerprint density at radius 3 is 2.68 bits per heavy atom. The Balaban J connectivity index is 1.76. The van der Waals surface area contributed by atoms with Crippen molar-refractivity contribution in [1.29, 1.82) is 0 Å². The third-order valence-electron chi connectivity index (χ3n) is 4.03. The van der Waals surface area contributed by atoms with Crippen LogP contribution in [-0.2, 0) is 6.54 Å². The van der Waals surface area contributed by atoms with Crippen LogP contribution < -0.4 is 5.32 Å². The molecule has 0 amide bonds. The third-order valence-corrected chi connectivity index (χ3v) is 5.13. The number of fused-ring (bicyclic) bond motifs is 1. The van der Waals surface area contributed by atoms with E-state index in [1.165, 1.54) is 23.3 Å². The van der Waals surface area contributed by atoms with Crippen LogP contribution >= 0.6 is 11.3 Å². The average molecular weight is 354 g/mol. The average Bonchev–Trinajstić information content (AvgIpc) is 3.23. The fourth-order valence-electron chi connectivity index (χ4n) is 2.58. The van der Waals surface area contributed by atoms with Gasteiger partial charge in [-0.3, -0.25) is 5.10 Å². The summed E-state index contributed by atoms with van der Waals surface area (Å²) in [7, 11) is 0. The quantitative estimate of drug-likeness (QED) is 0.582. The molecule has 0 saturated heterocycles. The van der Waals surface area contributed by atoms with E-state index in [0.29, 0.717) is 18.2 Å². The maximum Gasteiger partial charge on any atom is 0.200 e. The van der Waals surface area contributed by atoms with E-state index in [0.717, 1.165) is 27.2 Å². The molecular formula is C17H15FN6S. The molecule has 0 aliphatic carbocycles. The summed E-state index contributed by atoms with van der Waals surface area (Å²) in [5.74, 6) is 1.51. The number of aryl methyl sites for hydroxylation is 2. The highest BCUT2D eigenvalue weighted by molar-refractivity contribution is 7.18. The standard InChI is InChI=1S/C17H15FN6S/c1-9-10(2)25-17-13(9)14(19-7-11-3-5-12(18)6-4-11)22-16(23-17)15-20-8-21-24-15/h3-6,8H,7H2,1-2H3,(H,19,22,23)(H,20,21,24). The Hall–Kier alpha value is -2.87. The Morgan fingerprint density at radius 2 is 1.96 bits per heavy atom. The first kappa shape index (κ1) is 15.6. The Morgan fingerprint density at radius 1 is 1.16 bits per heavy atom. The van der Waals surface area contributed by atoms with Gasteiger partial charge in [0.1, 0.15) is 22.8 Å². The lowest BCUT2D eigenvalue weighted by Crippen LogP contribution is -2.04. The van der Waals surface area contributed by atoms with Gasteiger partial charge in [0, 0.05) is 11.4 Å². The summed E-state index contributed by atoms with van der Waals surface area (Å²) in [6, 6.07) is 6.41. The number of benzene rings is 1. The lowest BCUT2D eigenvalue weighted by atomic mass is 10.2. The number of thiophene rings is 1. The van der Waals surface area contributed by atoms with Crippen molar-refractivity contribution in [3.05, 3.63) is 52.4 Å². The van der Waals surface area contributed by atoms with Crippen LogP contribution in [-0.4, -0.2) is 25.1 Å². The largest absolute Gasteiger partial charge is 0.365 e. The topological polar surface area (TPSA) is 79.4 Å². The summed E-state index contributed by atoms with van der Waals surface area (Å²) in [6.45, 7) is 4.67. The second kappa shape index (κ2) is 6.21. The van der Waals surface area contributed by atoms with Crippen molar-refractivity contribution < 1.29 is 4.39 Å². The second-order valence-corrected chi connectivity index (χ2v) is 6.88. The summed E-state index contributed by atoms with van der Waals surface area (Å²) in [5.41, 5.74) is 2.13. The van der Waals surface area contributed by atoms with Gasteiger partial charge in [-0.25, -0.2) is 19.3 Å². The maximum atomic E-state index is 13.1. The maximum absolute atomic E-state index is 13.1. The highest BCUT2D eigenvalue weighted by atomic mass is 32.1. The van der Waals surface area contributed by atoms with Gasteiger partial charge in [0.15, 0.2) is 5.82 Å². The molecule has 4 aromatic rings. The molecule has 0 spiro atoms. The SMILES string of the molecule is Cc1sc2nc(-c3ncn[nH]3)nc(NCc3ccc(F)cc3)c2c1C. The zero-order valence-electron chi connectivity index (χ0n) is 13.7. The zero-order chi connectivity index (χ0) is 17.4. The first-order valence-corrected chi connectivity index (χ1v) is 8.55. The molecule has 0 radical (unpaired) electrons. The van der Waals surface area contributed by atoms with Crippen molar-refractivity contribution in [2.24, 2.45) is 0 Å². The number of aromatic amines is 1. The van der Waals surface area contributed by atoms with E-state index in [9.17, 15) is 4.39 Å². The van der Waals surface area contributed by atoms with Gasteiger partial charge in [0.25, 0.3) is 0 Å². The number of anilines is 1. The number of H-pyrrole nitrogens is 1. The number of rotatable bonds is 4. The summed E-state index contributed by atoms with van der Waals surface area (Å²) in [5, 5.41) is 11.0. The second-order valence-electron chi connectivity index (χ2n) is 5.67. The Bertz CT molecular complexity index is 1020. The fourth-order valence-corrected chi connectivity index (χ4v) is 3.61. The molecular weight excluding hydrogens is 339 g/mol. The molecule has 3 heterocycles. The fraction of sp³-hybridized carbons (Fsp3) is 0.176. The summed E-state index contributed by atoms with van der Waals surface area (Å²) in [6.07, 6.45) is 1.43. The first-order valence-electron chi connectivity index (χ1n) is 7.73. The van der Waals surface area contributed by atoms with Gasteiger partial charge in [-0.2, -0.15) is 5.10 Å². The number of nitrogens with one attached hydrogen (secondary N) is 2. The third kappa shape index (κ3) is 2.96. The Labute approximate surface area is 147 Å². The van der Waals surface area contributed by atoms with Crippen molar-refractivity contribution in [1.82, 2.24) is 25.1 Å². The lowest BCUT2D eigenvalue weighted by molar-refractivity contribution is 0.627. The predicted molar refractivity (Wildman–Crippen MR) is 96.0 cm³/mol. The molecule has 0 aliphatic rings. The zero-order valence-corrected chi connectivity index (χ0v) is 14.5. The normalized spacial score (nSPS) is 11.2. The molecule has 2 N–H and O–H groups in total. The van der Waals surface area contributed by atoms with Crippen LogP contribution in [0, 0.1) is 19.7 Å². The molecule has 0 fully saturated rings. The van der Waals surface area contributed by atoms with Gasteiger partial charge in [-0.1, -0.05) is 12.1 Å². The van der Waals surface area contributed by atoms with Crippen LogP contribution in [0.5, 0.6) is 0 Å². The lowest BCUT2D eigenvalue weighted by Gasteiger charge is -2.09. The van der Waals surface area contributed by atoms with Gasteiger partial charge in [0.05, 0.1) is 5.39 Å². The Kier molecular flexibility index (Phi) is 3.89. The smallest absolute Gasteiger partial charge is 0.200 e. The van der Waals surface area contributed by atoms with Crippen LogP contribution in [0.2, 0.25) is 0 Å². The van der Waals surface area contributed by atoms with Gasteiger partial charge in [-0.15, -0.1) is 11.3 Å². The van der Waals surface area contributed by atoms with Crippen molar-refractivity contribution >= 4 is 27.4 Å². The molecule has 3 aromatic heterocycles.